The fourth-order valence-corrected chi connectivity index (χ4v) is 2.23. The van der Waals surface area contributed by atoms with E-state index in [1.807, 2.05) is 0 Å². The van der Waals surface area contributed by atoms with Gasteiger partial charge in [-0.1, -0.05) is 52.2 Å². The summed E-state index contributed by atoms with van der Waals surface area (Å²) in [6, 6.07) is 0. The minimum atomic E-state index is 0.605. The first-order valence-corrected chi connectivity index (χ1v) is 6.32. The third-order valence-electron chi connectivity index (χ3n) is 3.84. The molecule has 0 heteroatoms. The zero-order valence-electron chi connectivity index (χ0n) is 10.4. The Labute approximate surface area is 89.8 Å². The summed E-state index contributed by atoms with van der Waals surface area (Å²) in [5, 5.41) is 0. The molecule has 2 atom stereocenters. The van der Waals surface area contributed by atoms with Crippen molar-refractivity contribution in [3.8, 4) is 0 Å². The van der Waals surface area contributed by atoms with Crippen LogP contribution in [0.15, 0.2) is 11.6 Å². The molecule has 1 aliphatic rings. The van der Waals surface area contributed by atoms with Crippen molar-refractivity contribution in [2.75, 3.05) is 0 Å². The Hall–Kier alpha value is -0.260. The molecule has 0 spiro atoms. The molecule has 0 amide bonds. The molecule has 1 rings (SSSR count). The minimum Gasteiger partial charge on any atom is -0.0847 e. The average Bonchev–Trinajstić information content (AvgIpc) is 2.79. The van der Waals surface area contributed by atoms with Gasteiger partial charge in [-0.05, 0) is 37.0 Å². The third-order valence-corrected chi connectivity index (χ3v) is 3.84. The highest BCUT2D eigenvalue weighted by atomic mass is 14.5. The Morgan fingerprint density at radius 3 is 2.57 bits per heavy atom. The van der Waals surface area contributed by atoms with Gasteiger partial charge >= 0.3 is 0 Å². The number of allylic oxidation sites excluding steroid dienone is 2. The van der Waals surface area contributed by atoms with Crippen LogP contribution in [0.25, 0.3) is 0 Å². The monoisotopic (exact) mass is 194 g/mol. The second kappa shape index (κ2) is 5.00. The number of hydrogen-bond acceptors (Lipinski definition) is 0. The predicted octanol–water partition coefficient (Wildman–Crippen LogP) is 4.95. The molecule has 14 heavy (non-hydrogen) atoms. The van der Waals surface area contributed by atoms with Crippen LogP contribution in [0, 0.1) is 11.3 Å². The molecule has 0 saturated heterocycles. The van der Waals surface area contributed by atoms with Crippen LogP contribution in [0.4, 0.5) is 0 Å². The van der Waals surface area contributed by atoms with Crippen LogP contribution in [0.3, 0.4) is 0 Å². The molecule has 0 nitrogen and oxygen atoms in total. The van der Waals surface area contributed by atoms with Gasteiger partial charge in [0.2, 0.25) is 0 Å². The van der Waals surface area contributed by atoms with E-state index in [9.17, 15) is 0 Å². The summed E-state index contributed by atoms with van der Waals surface area (Å²) in [6.45, 7) is 9.37. The van der Waals surface area contributed by atoms with E-state index in [2.05, 4.69) is 33.8 Å². The van der Waals surface area contributed by atoms with Gasteiger partial charge in [0, 0.05) is 0 Å². The summed E-state index contributed by atoms with van der Waals surface area (Å²) >= 11 is 0. The van der Waals surface area contributed by atoms with Gasteiger partial charge in [-0.25, -0.2) is 0 Å². The predicted molar refractivity (Wildman–Crippen MR) is 64.4 cm³/mol. The van der Waals surface area contributed by atoms with E-state index in [-0.39, 0.29) is 0 Å². The molecular weight excluding hydrogens is 168 g/mol. The molecule has 0 N–H and O–H groups in total. The average molecular weight is 194 g/mol. The topological polar surface area (TPSA) is 0 Å². The van der Waals surface area contributed by atoms with Crippen LogP contribution in [-0.2, 0) is 0 Å². The van der Waals surface area contributed by atoms with Crippen molar-refractivity contribution < 1.29 is 0 Å². The SMILES string of the molecule is CCCC(C)CCC=C1CC1(C)CC. The molecule has 1 fully saturated rings. The van der Waals surface area contributed by atoms with Crippen molar-refractivity contribution in [2.45, 2.75) is 66.2 Å². The molecule has 0 bridgehead atoms. The smallest absolute Gasteiger partial charge is 0.00814 e. The fraction of sp³-hybridized carbons (Fsp3) is 0.857. The van der Waals surface area contributed by atoms with Crippen molar-refractivity contribution in [1.82, 2.24) is 0 Å². The zero-order valence-corrected chi connectivity index (χ0v) is 10.4. The van der Waals surface area contributed by atoms with Gasteiger partial charge in [-0.3, -0.25) is 0 Å². The van der Waals surface area contributed by atoms with Crippen molar-refractivity contribution in [1.29, 1.82) is 0 Å². The quantitative estimate of drug-likeness (QED) is 0.525. The molecule has 0 heterocycles. The second-order valence-electron chi connectivity index (χ2n) is 5.29. The van der Waals surface area contributed by atoms with Gasteiger partial charge in [0.25, 0.3) is 0 Å². The van der Waals surface area contributed by atoms with Gasteiger partial charge in [0.15, 0.2) is 0 Å². The van der Waals surface area contributed by atoms with E-state index in [0.717, 1.165) is 5.92 Å². The fourth-order valence-electron chi connectivity index (χ4n) is 2.23. The van der Waals surface area contributed by atoms with Crippen LogP contribution >= 0.6 is 0 Å². The van der Waals surface area contributed by atoms with Crippen LogP contribution in [-0.4, -0.2) is 0 Å². The van der Waals surface area contributed by atoms with E-state index in [4.69, 9.17) is 0 Å². The van der Waals surface area contributed by atoms with Gasteiger partial charge in [0.05, 0.1) is 0 Å². The van der Waals surface area contributed by atoms with Crippen LogP contribution < -0.4 is 0 Å². The molecule has 0 radical (unpaired) electrons. The Morgan fingerprint density at radius 2 is 2.07 bits per heavy atom. The molecule has 1 aliphatic carbocycles. The lowest BCUT2D eigenvalue weighted by Gasteiger charge is -2.07. The Kier molecular flexibility index (Phi) is 4.22. The van der Waals surface area contributed by atoms with E-state index in [0.29, 0.717) is 5.41 Å². The maximum Gasteiger partial charge on any atom is -0.00814 e. The highest BCUT2D eigenvalue weighted by Gasteiger charge is 2.41. The zero-order chi connectivity index (χ0) is 10.6. The van der Waals surface area contributed by atoms with Gasteiger partial charge in [-0.2, -0.15) is 0 Å². The second-order valence-corrected chi connectivity index (χ2v) is 5.29. The summed E-state index contributed by atoms with van der Waals surface area (Å²) < 4.78 is 0. The first-order chi connectivity index (χ1) is 6.62. The van der Waals surface area contributed by atoms with Gasteiger partial charge in [0.1, 0.15) is 0 Å². The Bertz CT molecular complexity index is 202. The highest BCUT2D eigenvalue weighted by molar-refractivity contribution is 5.30. The third kappa shape index (κ3) is 3.15. The summed E-state index contributed by atoms with van der Waals surface area (Å²) in [4.78, 5) is 0. The van der Waals surface area contributed by atoms with Crippen LogP contribution in [0.2, 0.25) is 0 Å². The molecular formula is C14H26. The van der Waals surface area contributed by atoms with Crippen LogP contribution in [0.5, 0.6) is 0 Å². The molecule has 0 aromatic rings. The van der Waals surface area contributed by atoms with E-state index >= 15 is 0 Å². The summed E-state index contributed by atoms with van der Waals surface area (Å²) in [6.07, 6.45) is 10.6. The van der Waals surface area contributed by atoms with E-state index in [1.165, 1.54) is 38.5 Å². The van der Waals surface area contributed by atoms with Gasteiger partial charge in [-0.15, -0.1) is 0 Å². The minimum absolute atomic E-state index is 0.605. The first kappa shape index (κ1) is 11.8. The molecule has 0 aromatic heterocycles. The summed E-state index contributed by atoms with van der Waals surface area (Å²) in [5.74, 6) is 0.920. The standard InChI is InChI=1S/C14H26/c1-5-8-12(3)9-7-10-13-11-14(13,4)6-2/h10,12H,5-9,11H2,1-4H3. The Balaban J connectivity index is 2.16. The summed E-state index contributed by atoms with van der Waals surface area (Å²) in [7, 11) is 0. The van der Waals surface area contributed by atoms with E-state index in [1.54, 1.807) is 5.57 Å². The van der Waals surface area contributed by atoms with E-state index < -0.39 is 0 Å². The molecule has 82 valence electrons. The van der Waals surface area contributed by atoms with Gasteiger partial charge < -0.3 is 0 Å². The highest BCUT2D eigenvalue weighted by Crippen LogP contribution is 2.54. The maximum absolute atomic E-state index is 2.51. The number of hydrogen-bond donors (Lipinski definition) is 0. The normalized spacial score (nSPS) is 30.7. The van der Waals surface area contributed by atoms with Crippen molar-refractivity contribution in [3.63, 3.8) is 0 Å². The van der Waals surface area contributed by atoms with Crippen LogP contribution in [0.1, 0.15) is 66.2 Å². The number of rotatable bonds is 6. The lowest BCUT2D eigenvalue weighted by atomic mass is 9.99. The molecule has 0 aromatic carbocycles. The molecule has 1 saturated carbocycles. The van der Waals surface area contributed by atoms with Crippen molar-refractivity contribution in [3.05, 3.63) is 11.6 Å². The van der Waals surface area contributed by atoms with Crippen molar-refractivity contribution in [2.24, 2.45) is 11.3 Å². The molecule has 0 aliphatic heterocycles. The van der Waals surface area contributed by atoms with Crippen molar-refractivity contribution >= 4 is 0 Å². The first-order valence-electron chi connectivity index (χ1n) is 6.32. The lowest BCUT2D eigenvalue weighted by Crippen LogP contribution is -1.92. The Morgan fingerprint density at radius 1 is 1.36 bits per heavy atom. The lowest BCUT2D eigenvalue weighted by molar-refractivity contribution is 0.490. The molecule has 2 unspecified atom stereocenters. The largest absolute Gasteiger partial charge is 0.0847 e. The summed E-state index contributed by atoms with van der Waals surface area (Å²) in [5.41, 5.74) is 2.33. The maximum atomic E-state index is 2.51.